The summed E-state index contributed by atoms with van der Waals surface area (Å²) in [6, 6.07) is 11.2. The van der Waals surface area contributed by atoms with Crippen molar-refractivity contribution in [3.8, 4) is 5.75 Å². The van der Waals surface area contributed by atoms with Crippen molar-refractivity contribution in [1.29, 1.82) is 0 Å². The lowest BCUT2D eigenvalue weighted by molar-refractivity contribution is 0.0992. The van der Waals surface area contributed by atoms with Crippen molar-refractivity contribution in [2.75, 3.05) is 6.61 Å². The molecule has 0 radical (unpaired) electrons. The molecule has 3 nitrogen and oxygen atoms in total. The lowest BCUT2D eigenvalue weighted by atomic mass is 10.1. The Hall–Kier alpha value is -2.16. The topological polar surface area (TPSA) is 39.2 Å². The zero-order chi connectivity index (χ0) is 14.4. The molecule has 20 heavy (non-hydrogen) atoms. The molecule has 1 aromatic heterocycles. The first kappa shape index (κ1) is 14.3. The van der Waals surface area contributed by atoms with Gasteiger partial charge in [-0.15, -0.1) is 0 Å². The summed E-state index contributed by atoms with van der Waals surface area (Å²) in [5.74, 6) is 0.860. The van der Waals surface area contributed by atoms with Crippen LogP contribution in [0, 0.1) is 0 Å². The second kappa shape index (κ2) is 6.85. The number of carbonyl (C=O) groups is 1. The highest BCUT2D eigenvalue weighted by atomic mass is 16.5. The second-order valence-electron chi connectivity index (χ2n) is 4.57. The summed E-state index contributed by atoms with van der Waals surface area (Å²) in [5.41, 5.74) is 2.68. The summed E-state index contributed by atoms with van der Waals surface area (Å²) in [6.07, 6.45) is 3.12. The Labute approximate surface area is 119 Å². The number of aromatic nitrogens is 1. The SMILES string of the molecule is CCOc1ccc(C(=O)Cc2ccc(CC)cn2)cc1. The van der Waals surface area contributed by atoms with Crippen molar-refractivity contribution in [1.82, 2.24) is 4.98 Å². The van der Waals surface area contributed by atoms with Crippen LogP contribution in [0.5, 0.6) is 5.75 Å². The summed E-state index contributed by atoms with van der Waals surface area (Å²) in [7, 11) is 0. The average Bonchev–Trinajstić information content (AvgIpc) is 2.49. The first-order valence-corrected chi connectivity index (χ1v) is 6.92. The fourth-order valence-electron chi connectivity index (χ4n) is 1.94. The number of pyridine rings is 1. The number of nitrogens with zero attached hydrogens (tertiary/aromatic N) is 1. The van der Waals surface area contributed by atoms with E-state index in [2.05, 4.69) is 11.9 Å². The van der Waals surface area contributed by atoms with Gasteiger partial charge in [0.25, 0.3) is 0 Å². The zero-order valence-electron chi connectivity index (χ0n) is 11.9. The third kappa shape index (κ3) is 3.67. The smallest absolute Gasteiger partial charge is 0.168 e. The van der Waals surface area contributed by atoms with Crippen molar-refractivity contribution in [3.05, 3.63) is 59.4 Å². The molecule has 0 N–H and O–H groups in total. The van der Waals surface area contributed by atoms with Gasteiger partial charge in [0.1, 0.15) is 5.75 Å². The quantitative estimate of drug-likeness (QED) is 0.754. The highest BCUT2D eigenvalue weighted by Gasteiger charge is 2.08. The molecule has 0 aliphatic carbocycles. The third-order valence-electron chi connectivity index (χ3n) is 3.12. The van der Waals surface area contributed by atoms with Crippen molar-refractivity contribution < 1.29 is 9.53 Å². The molecule has 2 aromatic rings. The monoisotopic (exact) mass is 269 g/mol. The number of benzene rings is 1. The molecule has 104 valence electrons. The van der Waals surface area contributed by atoms with Gasteiger partial charge in [0.2, 0.25) is 0 Å². The first-order valence-electron chi connectivity index (χ1n) is 6.92. The Kier molecular flexibility index (Phi) is 4.88. The van der Waals surface area contributed by atoms with Gasteiger partial charge in [-0.25, -0.2) is 0 Å². The molecule has 0 bridgehead atoms. The van der Waals surface area contributed by atoms with Crippen LogP contribution in [0.1, 0.15) is 35.5 Å². The molecule has 0 fully saturated rings. The van der Waals surface area contributed by atoms with Gasteiger partial charge in [-0.05, 0) is 49.2 Å². The van der Waals surface area contributed by atoms with Gasteiger partial charge in [0.15, 0.2) is 5.78 Å². The van der Waals surface area contributed by atoms with Crippen LogP contribution in [0.4, 0.5) is 0 Å². The standard InChI is InChI=1S/C17H19NO2/c1-3-13-5-8-15(18-12-13)11-17(19)14-6-9-16(10-7-14)20-4-2/h5-10,12H,3-4,11H2,1-2H3. The van der Waals surface area contributed by atoms with Crippen molar-refractivity contribution in [2.24, 2.45) is 0 Å². The Balaban J connectivity index is 2.03. The van der Waals surface area contributed by atoms with Crippen LogP contribution in [0.3, 0.4) is 0 Å². The van der Waals surface area contributed by atoms with E-state index in [1.807, 2.05) is 37.4 Å². The molecule has 0 amide bonds. The van der Waals surface area contributed by atoms with E-state index < -0.39 is 0 Å². The van der Waals surface area contributed by atoms with Crippen molar-refractivity contribution in [3.63, 3.8) is 0 Å². The van der Waals surface area contributed by atoms with Gasteiger partial charge in [-0.2, -0.15) is 0 Å². The molecule has 0 saturated carbocycles. The van der Waals surface area contributed by atoms with E-state index in [1.165, 1.54) is 5.56 Å². The fourth-order valence-corrected chi connectivity index (χ4v) is 1.94. The van der Waals surface area contributed by atoms with E-state index in [1.54, 1.807) is 12.1 Å². The molecule has 3 heteroatoms. The van der Waals surface area contributed by atoms with Crippen molar-refractivity contribution >= 4 is 5.78 Å². The number of ether oxygens (including phenoxy) is 1. The number of rotatable bonds is 6. The van der Waals surface area contributed by atoms with Crippen LogP contribution >= 0.6 is 0 Å². The molecule has 0 spiro atoms. The van der Waals surface area contributed by atoms with Crippen LogP contribution < -0.4 is 4.74 Å². The summed E-state index contributed by atoms with van der Waals surface area (Å²) in [4.78, 5) is 16.5. The molecular formula is C17H19NO2. The molecule has 0 aliphatic rings. The van der Waals surface area contributed by atoms with E-state index in [0.717, 1.165) is 17.9 Å². The lowest BCUT2D eigenvalue weighted by Gasteiger charge is -2.05. The summed E-state index contributed by atoms with van der Waals surface area (Å²) < 4.78 is 5.36. The van der Waals surface area contributed by atoms with Gasteiger partial charge in [0, 0.05) is 17.5 Å². The Morgan fingerprint density at radius 2 is 1.85 bits per heavy atom. The largest absolute Gasteiger partial charge is 0.494 e. The highest BCUT2D eigenvalue weighted by molar-refractivity contribution is 5.97. The van der Waals surface area contributed by atoms with Crippen LogP contribution in [0.2, 0.25) is 0 Å². The predicted octanol–water partition coefficient (Wildman–Crippen LogP) is 3.47. The summed E-state index contributed by atoms with van der Waals surface area (Å²) in [5, 5.41) is 0. The third-order valence-corrected chi connectivity index (χ3v) is 3.12. The van der Waals surface area contributed by atoms with Crippen LogP contribution in [0.15, 0.2) is 42.6 Å². The number of hydrogen-bond donors (Lipinski definition) is 0. The predicted molar refractivity (Wildman–Crippen MR) is 79.3 cm³/mol. The van der Waals surface area contributed by atoms with Crippen LogP contribution in [0.25, 0.3) is 0 Å². The van der Waals surface area contributed by atoms with E-state index >= 15 is 0 Å². The number of Topliss-reactive ketones (excluding diaryl/α,β-unsaturated/α-hetero) is 1. The molecule has 1 heterocycles. The van der Waals surface area contributed by atoms with E-state index in [0.29, 0.717) is 18.6 Å². The van der Waals surface area contributed by atoms with Gasteiger partial charge < -0.3 is 4.74 Å². The van der Waals surface area contributed by atoms with Crippen molar-refractivity contribution in [2.45, 2.75) is 26.7 Å². The maximum absolute atomic E-state index is 12.2. The summed E-state index contributed by atoms with van der Waals surface area (Å²) >= 11 is 0. The first-order chi connectivity index (χ1) is 9.72. The Bertz CT molecular complexity index is 559. The zero-order valence-corrected chi connectivity index (χ0v) is 11.9. The molecule has 2 rings (SSSR count). The second-order valence-corrected chi connectivity index (χ2v) is 4.57. The Morgan fingerprint density at radius 3 is 2.40 bits per heavy atom. The van der Waals surface area contributed by atoms with E-state index in [-0.39, 0.29) is 5.78 Å². The lowest BCUT2D eigenvalue weighted by Crippen LogP contribution is -2.05. The highest BCUT2D eigenvalue weighted by Crippen LogP contribution is 2.14. The molecule has 0 saturated heterocycles. The van der Waals surface area contributed by atoms with Crippen LogP contribution in [-0.2, 0) is 12.8 Å². The molecule has 0 atom stereocenters. The maximum atomic E-state index is 12.2. The molecule has 0 aliphatic heterocycles. The van der Waals surface area contributed by atoms with Gasteiger partial charge in [-0.1, -0.05) is 13.0 Å². The van der Waals surface area contributed by atoms with Gasteiger partial charge in [-0.3, -0.25) is 9.78 Å². The van der Waals surface area contributed by atoms with Gasteiger partial charge >= 0.3 is 0 Å². The van der Waals surface area contributed by atoms with Gasteiger partial charge in [0.05, 0.1) is 13.0 Å². The van der Waals surface area contributed by atoms with Crippen LogP contribution in [-0.4, -0.2) is 17.4 Å². The molecule has 1 aromatic carbocycles. The minimum Gasteiger partial charge on any atom is -0.494 e. The molecular weight excluding hydrogens is 250 g/mol. The van der Waals surface area contributed by atoms with E-state index in [4.69, 9.17) is 4.74 Å². The maximum Gasteiger partial charge on any atom is 0.168 e. The average molecular weight is 269 g/mol. The minimum absolute atomic E-state index is 0.0739. The summed E-state index contributed by atoms with van der Waals surface area (Å²) in [6.45, 7) is 4.65. The normalized spacial score (nSPS) is 10.3. The molecule has 0 unspecified atom stereocenters. The number of ketones is 1. The fraction of sp³-hybridized carbons (Fsp3) is 0.294. The number of hydrogen-bond acceptors (Lipinski definition) is 3. The number of carbonyl (C=O) groups excluding carboxylic acids is 1. The minimum atomic E-state index is 0.0739. The number of aryl methyl sites for hydroxylation is 1. The van der Waals surface area contributed by atoms with E-state index in [9.17, 15) is 4.79 Å². The Morgan fingerprint density at radius 1 is 1.10 bits per heavy atom.